The summed E-state index contributed by atoms with van der Waals surface area (Å²) in [5, 5.41) is 5.76. The minimum Gasteiger partial charge on any atom is -0.381 e. The Morgan fingerprint density at radius 3 is 2.11 bits per heavy atom. The van der Waals surface area contributed by atoms with E-state index in [4.69, 9.17) is 19.4 Å². The SMILES string of the molecule is CC(C)N1CCN(C(=O)c2ccc(NC(=O)Nc3ccc(-c4nc(C5CCOCC5)cc(N5CCOC[C@H]5C)n4)cc3)cc2)CC1. The molecular formula is C35H45N7O4. The Bertz CT molecular complexity index is 1480. The molecule has 46 heavy (non-hydrogen) atoms. The molecule has 0 bridgehead atoms. The zero-order valence-corrected chi connectivity index (χ0v) is 27.1. The zero-order chi connectivity index (χ0) is 32.0. The van der Waals surface area contributed by atoms with Gasteiger partial charge in [-0.05, 0) is 82.1 Å². The highest BCUT2D eigenvalue weighted by molar-refractivity contribution is 6.00. The second kappa shape index (κ2) is 14.6. The van der Waals surface area contributed by atoms with E-state index in [-0.39, 0.29) is 18.0 Å². The molecule has 0 spiro atoms. The second-order valence-electron chi connectivity index (χ2n) is 12.6. The van der Waals surface area contributed by atoms with E-state index in [0.29, 0.717) is 47.9 Å². The minimum atomic E-state index is -0.363. The molecule has 0 unspecified atom stereocenters. The van der Waals surface area contributed by atoms with Crippen molar-refractivity contribution in [1.82, 2.24) is 19.8 Å². The standard InChI is InChI=1S/C35H45N7O4/c1-24(2)40-14-16-41(17-15-40)34(43)28-6-10-30(11-7-28)37-35(44)36-29-8-4-27(5-9-29)33-38-31(26-12-19-45-20-13-26)22-32(39-33)42-18-21-46-23-25(42)3/h4-11,22,24-26H,12-21,23H2,1-3H3,(H2,36,37,44)/t25-/m1/s1. The molecule has 4 heterocycles. The van der Waals surface area contributed by atoms with E-state index in [1.807, 2.05) is 29.2 Å². The number of anilines is 3. The number of piperazine rings is 1. The third-order valence-corrected chi connectivity index (χ3v) is 9.16. The first-order valence-electron chi connectivity index (χ1n) is 16.5. The fraction of sp³-hybridized carbons (Fsp3) is 0.486. The van der Waals surface area contributed by atoms with Crippen molar-refractivity contribution in [3.05, 3.63) is 65.9 Å². The van der Waals surface area contributed by atoms with Crippen LogP contribution in [0.3, 0.4) is 0 Å². The summed E-state index contributed by atoms with van der Waals surface area (Å²) in [6.07, 6.45) is 1.89. The summed E-state index contributed by atoms with van der Waals surface area (Å²) in [6, 6.07) is 17.1. The normalized spacial score (nSPS) is 19.7. The van der Waals surface area contributed by atoms with Crippen LogP contribution in [0.1, 0.15) is 55.6 Å². The minimum absolute atomic E-state index is 0.0216. The average molecular weight is 628 g/mol. The Balaban J connectivity index is 1.09. The number of morpholine rings is 1. The topological polar surface area (TPSA) is 112 Å². The second-order valence-corrected chi connectivity index (χ2v) is 12.6. The number of nitrogens with zero attached hydrogens (tertiary/aromatic N) is 5. The lowest BCUT2D eigenvalue weighted by molar-refractivity contribution is 0.0595. The van der Waals surface area contributed by atoms with Gasteiger partial charge in [-0.1, -0.05) is 0 Å². The van der Waals surface area contributed by atoms with Crippen molar-refractivity contribution in [3.8, 4) is 11.4 Å². The quantitative estimate of drug-likeness (QED) is 0.374. The highest BCUT2D eigenvalue weighted by atomic mass is 16.5. The van der Waals surface area contributed by atoms with Crippen molar-refractivity contribution in [2.24, 2.45) is 0 Å². The van der Waals surface area contributed by atoms with Crippen LogP contribution >= 0.6 is 0 Å². The molecule has 0 radical (unpaired) electrons. The summed E-state index contributed by atoms with van der Waals surface area (Å²) in [5.41, 5.74) is 3.81. The van der Waals surface area contributed by atoms with Crippen LogP contribution in [-0.4, -0.2) is 103 Å². The van der Waals surface area contributed by atoms with Crippen molar-refractivity contribution in [2.75, 3.05) is 74.7 Å². The summed E-state index contributed by atoms with van der Waals surface area (Å²) >= 11 is 0. The summed E-state index contributed by atoms with van der Waals surface area (Å²) < 4.78 is 11.3. The Hall–Kier alpha value is -4.06. The number of nitrogens with one attached hydrogen (secondary N) is 2. The van der Waals surface area contributed by atoms with Crippen LogP contribution in [0.5, 0.6) is 0 Å². The van der Waals surface area contributed by atoms with Gasteiger partial charge in [-0.25, -0.2) is 14.8 Å². The molecule has 6 rings (SSSR count). The van der Waals surface area contributed by atoms with Gasteiger partial charge in [-0.3, -0.25) is 9.69 Å². The first kappa shape index (κ1) is 31.9. The Morgan fingerprint density at radius 1 is 0.826 bits per heavy atom. The first-order valence-corrected chi connectivity index (χ1v) is 16.5. The summed E-state index contributed by atoms with van der Waals surface area (Å²) in [6.45, 7) is 13.4. The molecule has 0 aliphatic carbocycles. The van der Waals surface area contributed by atoms with Crippen molar-refractivity contribution in [3.63, 3.8) is 0 Å². The van der Waals surface area contributed by atoms with E-state index < -0.39 is 0 Å². The van der Waals surface area contributed by atoms with Gasteiger partial charge in [-0.2, -0.15) is 0 Å². The molecule has 2 aromatic carbocycles. The third-order valence-electron chi connectivity index (χ3n) is 9.16. The van der Waals surface area contributed by atoms with E-state index in [0.717, 1.165) is 75.9 Å². The van der Waals surface area contributed by atoms with E-state index in [1.54, 1.807) is 24.3 Å². The molecule has 3 amide bonds. The van der Waals surface area contributed by atoms with Gasteiger partial charge in [-0.15, -0.1) is 0 Å². The van der Waals surface area contributed by atoms with Crippen molar-refractivity contribution >= 4 is 29.1 Å². The molecule has 1 aromatic heterocycles. The van der Waals surface area contributed by atoms with Gasteiger partial charge in [0.2, 0.25) is 0 Å². The fourth-order valence-electron chi connectivity index (χ4n) is 6.32. The monoisotopic (exact) mass is 627 g/mol. The maximum Gasteiger partial charge on any atom is 0.323 e. The highest BCUT2D eigenvalue weighted by Gasteiger charge is 2.26. The smallest absolute Gasteiger partial charge is 0.323 e. The van der Waals surface area contributed by atoms with Gasteiger partial charge in [0.1, 0.15) is 5.82 Å². The molecule has 3 aromatic rings. The summed E-state index contributed by atoms with van der Waals surface area (Å²) in [4.78, 5) is 42.3. The van der Waals surface area contributed by atoms with Gasteiger partial charge in [0.15, 0.2) is 5.82 Å². The van der Waals surface area contributed by atoms with Gasteiger partial charge < -0.3 is 29.9 Å². The molecule has 244 valence electrons. The Morgan fingerprint density at radius 2 is 1.48 bits per heavy atom. The van der Waals surface area contributed by atoms with Crippen LogP contribution in [0.4, 0.5) is 22.0 Å². The number of rotatable bonds is 7. The van der Waals surface area contributed by atoms with Crippen LogP contribution in [0.15, 0.2) is 54.6 Å². The molecule has 11 heteroatoms. The van der Waals surface area contributed by atoms with E-state index >= 15 is 0 Å². The molecule has 11 nitrogen and oxygen atoms in total. The summed E-state index contributed by atoms with van der Waals surface area (Å²) in [5.74, 6) is 1.95. The lowest BCUT2D eigenvalue weighted by Gasteiger charge is -2.37. The van der Waals surface area contributed by atoms with Crippen LogP contribution < -0.4 is 15.5 Å². The van der Waals surface area contributed by atoms with E-state index in [1.165, 1.54) is 0 Å². The highest BCUT2D eigenvalue weighted by Crippen LogP contribution is 2.31. The number of hydrogen-bond donors (Lipinski definition) is 2. The van der Waals surface area contributed by atoms with E-state index in [2.05, 4.69) is 47.3 Å². The number of benzene rings is 2. The number of ether oxygens (including phenoxy) is 2. The molecule has 2 N–H and O–H groups in total. The predicted octanol–water partition coefficient (Wildman–Crippen LogP) is 5.07. The average Bonchev–Trinajstić information content (AvgIpc) is 3.09. The molecule has 0 saturated carbocycles. The molecule has 3 aliphatic heterocycles. The van der Waals surface area contributed by atoms with Crippen LogP contribution in [0.2, 0.25) is 0 Å². The van der Waals surface area contributed by atoms with Crippen LogP contribution in [-0.2, 0) is 9.47 Å². The molecule has 3 fully saturated rings. The number of aromatic nitrogens is 2. The Labute approximate surface area is 271 Å². The van der Waals surface area contributed by atoms with Gasteiger partial charge in [0, 0.05) is 92.2 Å². The molecular weight excluding hydrogens is 582 g/mol. The Kier molecular flexibility index (Phi) is 10.1. The lowest BCUT2D eigenvalue weighted by atomic mass is 9.96. The molecule has 3 aliphatic rings. The van der Waals surface area contributed by atoms with Gasteiger partial charge in [0.25, 0.3) is 5.91 Å². The van der Waals surface area contributed by atoms with Crippen LogP contribution in [0.25, 0.3) is 11.4 Å². The largest absolute Gasteiger partial charge is 0.381 e. The number of amides is 3. The maximum atomic E-state index is 13.0. The number of carbonyl (C=O) groups is 2. The maximum absolute atomic E-state index is 13.0. The van der Waals surface area contributed by atoms with Crippen molar-refractivity contribution < 1.29 is 19.1 Å². The van der Waals surface area contributed by atoms with Crippen molar-refractivity contribution in [2.45, 2.75) is 51.6 Å². The molecule has 3 saturated heterocycles. The first-order chi connectivity index (χ1) is 22.3. The number of carbonyl (C=O) groups excluding carboxylic acids is 2. The van der Waals surface area contributed by atoms with Gasteiger partial charge in [0.05, 0.1) is 19.3 Å². The number of urea groups is 1. The molecule has 1 atom stereocenters. The number of hydrogen-bond acceptors (Lipinski definition) is 8. The zero-order valence-electron chi connectivity index (χ0n) is 27.1. The van der Waals surface area contributed by atoms with Crippen LogP contribution in [0, 0.1) is 0 Å². The predicted molar refractivity (Wildman–Crippen MR) is 180 cm³/mol. The fourth-order valence-corrected chi connectivity index (χ4v) is 6.32. The third kappa shape index (κ3) is 7.66. The summed E-state index contributed by atoms with van der Waals surface area (Å²) in [7, 11) is 0. The van der Waals surface area contributed by atoms with E-state index in [9.17, 15) is 9.59 Å². The van der Waals surface area contributed by atoms with Crippen molar-refractivity contribution in [1.29, 1.82) is 0 Å². The lowest BCUT2D eigenvalue weighted by Crippen LogP contribution is -2.50. The van der Waals surface area contributed by atoms with Gasteiger partial charge >= 0.3 is 6.03 Å².